The number of anilines is 2. The Morgan fingerprint density at radius 2 is 1.69 bits per heavy atom. The molecular formula is C21H15NO6S. The van der Waals surface area contributed by atoms with Gasteiger partial charge < -0.3 is 14.6 Å². The van der Waals surface area contributed by atoms with Crippen LogP contribution >= 0.6 is 0 Å². The summed E-state index contributed by atoms with van der Waals surface area (Å²) in [6.07, 6.45) is 0. The number of carboxylic acids is 1. The number of para-hydroxylation sites is 1. The van der Waals surface area contributed by atoms with Crippen molar-refractivity contribution >= 4 is 39.6 Å². The molecule has 1 atom stereocenters. The van der Waals surface area contributed by atoms with Gasteiger partial charge in [0.25, 0.3) is 11.3 Å². The molecule has 0 saturated carbocycles. The topological polar surface area (TPSA) is 111 Å². The molecule has 3 aromatic carbocycles. The summed E-state index contributed by atoms with van der Waals surface area (Å²) in [5, 5.41) is 19.9. The van der Waals surface area contributed by atoms with E-state index < -0.39 is 23.0 Å². The van der Waals surface area contributed by atoms with Crippen LogP contribution < -0.4 is 4.31 Å². The van der Waals surface area contributed by atoms with Crippen molar-refractivity contribution in [2.45, 2.75) is 0 Å². The van der Waals surface area contributed by atoms with Crippen LogP contribution in [0.3, 0.4) is 0 Å². The van der Waals surface area contributed by atoms with Gasteiger partial charge in [0.15, 0.2) is 0 Å². The molecule has 0 amide bonds. The third-order valence-electron chi connectivity index (χ3n) is 4.39. The van der Waals surface area contributed by atoms with Gasteiger partial charge in [-0.25, -0.2) is 13.3 Å². The summed E-state index contributed by atoms with van der Waals surface area (Å²) in [7, 11) is 0. The highest BCUT2D eigenvalue weighted by atomic mass is 32.2. The van der Waals surface area contributed by atoms with Gasteiger partial charge >= 0.3 is 5.97 Å². The number of hydrogen-bond donors (Lipinski definition) is 3. The van der Waals surface area contributed by atoms with E-state index >= 15 is 0 Å². The van der Waals surface area contributed by atoms with Gasteiger partial charge in [-0.1, -0.05) is 30.3 Å². The van der Waals surface area contributed by atoms with E-state index in [0.29, 0.717) is 17.0 Å². The zero-order valence-corrected chi connectivity index (χ0v) is 15.7. The third kappa shape index (κ3) is 3.58. The summed E-state index contributed by atoms with van der Waals surface area (Å²) < 4.78 is 28.8. The fourth-order valence-corrected chi connectivity index (χ4v) is 3.65. The van der Waals surface area contributed by atoms with Crippen LogP contribution in [-0.2, 0) is 11.3 Å². The maximum Gasteiger partial charge on any atom is 0.339 e. The number of nitrogens with zero attached hydrogens (tertiary/aromatic N) is 1. The van der Waals surface area contributed by atoms with Crippen molar-refractivity contribution in [1.82, 2.24) is 0 Å². The molecule has 0 radical (unpaired) electrons. The van der Waals surface area contributed by atoms with Gasteiger partial charge in [0, 0.05) is 17.0 Å². The van der Waals surface area contributed by atoms with Gasteiger partial charge in [0.05, 0.1) is 11.4 Å². The Labute approximate surface area is 167 Å². The summed E-state index contributed by atoms with van der Waals surface area (Å²) in [6, 6.07) is 19.9. The lowest BCUT2D eigenvalue weighted by molar-refractivity contribution is 0.0694. The summed E-state index contributed by atoms with van der Waals surface area (Å²) in [6.45, 7) is 0. The predicted molar refractivity (Wildman–Crippen MR) is 110 cm³/mol. The molecule has 4 aromatic rings. The Morgan fingerprint density at radius 3 is 2.38 bits per heavy atom. The first-order valence-corrected chi connectivity index (χ1v) is 9.57. The van der Waals surface area contributed by atoms with Gasteiger partial charge in [-0.15, -0.1) is 0 Å². The van der Waals surface area contributed by atoms with Crippen molar-refractivity contribution in [2.24, 2.45) is 0 Å². The molecule has 3 N–H and O–H groups in total. The third-order valence-corrected chi connectivity index (χ3v) is 5.13. The van der Waals surface area contributed by atoms with Crippen LogP contribution in [0.15, 0.2) is 77.2 Å². The number of aromatic hydroxyl groups is 1. The Bertz CT molecular complexity index is 1220. The number of rotatable bonds is 5. The maximum atomic E-state index is 12.0. The molecule has 1 heterocycles. The number of phenols is 1. The van der Waals surface area contributed by atoms with E-state index in [1.54, 1.807) is 18.2 Å². The molecule has 146 valence electrons. The SMILES string of the molecule is O=C(O)c1ccc(N(c2cccc(-c3cc4ccccc4o3)c2)S(=O)O)cc1O. The van der Waals surface area contributed by atoms with Crippen molar-refractivity contribution in [3.8, 4) is 17.1 Å². The molecule has 8 heteroatoms. The Kier molecular flexibility index (Phi) is 4.79. The smallest absolute Gasteiger partial charge is 0.339 e. The quantitative estimate of drug-likeness (QED) is 0.409. The number of furan rings is 1. The largest absolute Gasteiger partial charge is 0.507 e. The molecule has 7 nitrogen and oxygen atoms in total. The van der Waals surface area contributed by atoms with Crippen LogP contribution in [0.25, 0.3) is 22.3 Å². The van der Waals surface area contributed by atoms with Crippen molar-refractivity contribution < 1.29 is 28.2 Å². The molecule has 0 bridgehead atoms. The molecule has 0 aliphatic carbocycles. The normalized spacial score (nSPS) is 12.0. The monoisotopic (exact) mass is 409 g/mol. The van der Waals surface area contributed by atoms with Gasteiger partial charge in [-0.05, 0) is 36.4 Å². The van der Waals surface area contributed by atoms with Gasteiger partial charge in [-0.3, -0.25) is 4.55 Å². The zero-order valence-electron chi connectivity index (χ0n) is 14.9. The average molecular weight is 409 g/mol. The fraction of sp³-hybridized carbons (Fsp3) is 0. The number of carboxylic acid groups (broad SMARTS) is 1. The predicted octanol–water partition coefficient (Wildman–Crippen LogP) is 4.78. The number of carbonyl (C=O) groups is 1. The minimum Gasteiger partial charge on any atom is -0.507 e. The molecule has 29 heavy (non-hydrogen) atoms. The summed E-state index contributed by atoms with van der Waals surface area (Å²) in [5.74, 6) is -1.20. The first-order valence-electron chi connectivity index (χ1n) is 8.50. The van der Waals surface area contributed by atoms with Crippen LogP contribution in [0.2, 0.25) is 0 Å². The standard InChI is InChI=1S/C21H15NO6S/c23-18-12-16(8-9-17(18)21(24)25)22(29(26)27)15-6-3-5-13(10-15)20-11-14-4-1-2-7-19(14)28-20/h1-12,23H,(H,24,25)(H,26,27). The van der Waals surface area contributed by atoms with Crippen molar-refractivity contribution in [2.75, 3.05) is 4.31 Å². The van der Waals surface area contributed by atoms with E-state index in [-0.39, 0.29) is 11.3 Å². The highest BCUT2D eigenvalue weighted by Crippen LogP contribution is 2.35. The Balaban J connectivity index is 1.77. The molecule has 4 rings (SSSR count). The lowest BCUT2D eigenvalue weighted by atomic mass is 10.1. The lowest BCUT2D eigenvalue weighted by Crippen LogP contribution is -2.19. The molecule has 0 saturated heterocycles. The second-order valence-corrected chi connectivity index (χ2v) is 7.06. The first-order chi connectivity index (χ1) is 13.9. The number of fused-ring (bicyclic) bond motifs is 1. The van der Waals surface area contributed by atoms with Gasteiger partial charge in [0.2, 0.25) is 0 Å². The van der Waals surface area contributed by atoms with E-state index in [1.165, 1.54) is 12.1 Å². The molecule has 0 aliphatic rings. The van der Waals surface area contributed by atoms with E-state index in [4.69, 9.17) is 9.52 Å². The van der Waals surface area contributed by atoms with Crippen LogP contribution in [0.1, 0.15) is 10.4 Å². The highest BCUT2D eigenvalue weighted by molar-refractivity contribution is 7.81. The second-order valence-electron chi connectivity index (χ2n) is 6.23. The fourth-order valence-electron chi connectivity index (χ4n) is 3.07. The Hall–Kier alpha value is -3.62. The van der Waals surface area contributed by atoms with Crippen LogP contribution in [0.5, 0.6) is 5.75 Å². The van der Waals surface area contributed by atoms with Crippen LogP contribution in [0.4, 0.5) is 11.4 Å². The molecular weight excluding hydrogens is 394 g/mol. The van der Waals surface area contributed by atoms with Crippen molar-refractivity contribution in [3.63, 3.8) is 0 Å². The van der Waals surface area contributed by atoms with E-state index in [0.717, 1.165) is 21.3 Å². The van der Waals surface area contributed by atoms with E-state index in [9.17, 15) is 18.7 Å². The molecule has 0 spiro atoms. The van der Waals surface area contributed by atoms with Crippen LogP contribution in [-0.4, -0.2) is 24.9 Å². The second kappa shape index (κ2) is 7.42. The molecule has 0 aliphatic heterocycles. The number of aromatic carboxylic acids is 1. The molecule has 0 fully saturated rings. The lowest BCUT2D eigenvalue weighted by Gasteiger charge is -2.21. The first kappa shape index (κ1) is 18.7. The van der Waals surface area contributed by atoms with Gasteiger partial charge in [0.1, 0.15) is 22.7 Å². The molecule has 1 unspecified atom stereocenters. The summed E-state index contributed by atoms with van der Waals surface area (Å²) >= 11 is -2.47. The summed E-state index contributed by atoms with van der Waals surface area (Å²) in [4.78, 5) is 11.1. The summed E-state index contributed by atoms with van der Waals surface area (Å²) in [5.41, 5.74) is 1.65. The van der Waals surface area contributed by atoms with E-state index in [1.807, 2.05) is 36.4 Å². The minimum absolute atomic E-state index is 0.162. The maximum absolute atomic E-state index is 12.0. The Morgan fingerprint density at radius 1 is 0.931 bits per heavy atom. The van der Waals surface area contributed by atoms with Gasteiger partial charge in [-0.2, -0.15) is 0 Å². The van der Waals surface area contributed by atoms with Crippen molar-refractivity contribution in [3.05, 3.63) is 78.4 Å². The highest BCUT2D eigenvalue weighted by Gasteiger charge is 2.19. The number of hydrogen-bond acceptors (Lipinski definition) is 4. The average Bonchev–Trinajstić information content (AvgIpc) is 3.12. The van der Waals surface area contributed by atoms with E-state index in [2.05, 4.69) is 0 Å². The van der Waals surface area contributed by atoms with Crippen molar-refractivity contribution in [1.29, 1.82) is 0 Å². The zero-order chi connectivity index (χ0) is 20.5. The van der Waals surface area contributed by atoms with Crippen LogP contribution in [0, 0.1) is 0 Å². The number of benzene rings is 3. The molecule has 1 aromatic heterocycles. The minimum atomic E-state index is -2.47.